The molecule has 0 atom stereocenters. The number of nitrogens with zero attached hydrogens (tertiary/aromatic N) is 1. The zero-order chi connectivity index (χ0) is 14.0. The first-order valence-electron chi connectivity index (χ1n) is 5.72. The lowest BCUT2D eigenvalue weighted by molar-refractivity contribution is 0.0993. The average molecular weight is 290 g/mol. The van der Waals surface area contributed by atoms with Crippen molar-refractivity contribution in [2.24, 2.45) is 5.73 Å². The molecule has 0 spiro atoms. The van der Waals surface area contributed by atoms with Gasteiger partial charge in [-0.1, -0.05) is 24.4 Å². The van der Waals surface area contributed by atoms with Gasteiger partial charge in [0.25, 0.3) is 5.91 Å². The van der Waals surface area contributed by atoms with Crippen molar-refractivity contribution >= 4 is 40.1 Å². The number of amides is 1. The van der Waals surface area contributed by atoms with Gasteiger partial charge in [-0.2, -0.15) is 11.3 Å². The van der Waals surface area contributed by atoms with Crippen LogP contribution in [0.15, 0.2) is 35.0 Å². The van der Waals surface area contributed by atoms with Crippen molar-refractivity contribution in [3.05, 3.63) is 51.7 Å². The number of nitrogens with two attached hydrogens (primary N) is 1. The highest BCUT2D eigenvalue weighted by Gasteiger charge is 2.19. The Bertz CT molecular complexity index is 634. The normalized spacial score (nSPS) is 10.2. The molecule has 98 valence electrons. The summed E-state index contributed by atoms with van der Waals surface area (Å²) in [7, 11) is 1.73. The van der Waals surface area contributed by atoms with Crippen molar-refractivity contribution in [1.29, 1.82) is 0 Å². The molecule has 19 heavy (non-hydrogen) atoms. The second-order valence-electron chi connectivity index (χ2n) is 4.21. The molecule has 0 bridgehead atoms. The number of anilines is 1. The Morgan fingerprint density at radius 3 is 2.53 bits per heavy atom. The molecule has 1 aromatic carbocycles. The van der Waals surface area contributed by atoms with Gasteiger partial charge in [-0.05, 0) is 30.0 Å². The van der Waals surface area contributed by atoms with E-state index < -0.39 is 0 Å². The van der Waals surface area contributed by atoms with Gasteiger partial charge in [-0.25, -0.2) is 0 Å². The van der Waals surface area contributed by atoms with E-state index in [1.807, 2.05) is 41.9 Å². The van der Waals surface area contributed by atoms with Gasteiger partial charge in [0.2, 0.25) is 0 Å². The van der Waals surface area contributed by atoms with Crippen molar-refractivity contribution in [3.63, 3.8) is 0 Å². The lowest BCUT2D eigenvalue weighted by Crippen LogP contribution is -2.28. The first-order valence-corrected chi connectivity index (χ1v) is 7.07. The Morgan fingerprint density at radius 2 is 1.95 bits per heavy atom. The van der Waals surface area contributed by atoms with Crippen molar-refractivity contribution in [3.8, 4) is 0 Å². The largest absolute Gasteiger partial charge is 0.389 e. The fourth-order valence-corrected chi connectivity index (χ4v) is 2.84. The van der Waals surface area contributed by atoms with E-state index in [9.17, 15) is 4.79 Å². The summed E-state index contributed by atoms with van der Waals surface area (Å²) in [5, 5.41) is 3.82. The molecular weight excluding hydrogens is 276 g/mol. The first kappa shape index (κ1) is 13.7. The number of thiophene rings is 1. The van der Waals surface area contributed by atoms with Gasteiger partial charge in [0.15, 0.2) is 0 Å². The molecule has 2 aromatic rings. The second kappa shape index (κ2) is 5.50. The van der Waals surface area contributed by atoms with Gasteiger partial charge < -0.3 is 10.6 Å². The fraction of sp³-hybridized carbons (Fsp3) is 0.143. The number of rotatable bonds is 3. The molecule has 0 unspecified atom stereocenters. The summed E-state index contributed by atoms with van der Waals surface area (Å²) in [4.78, 5) is 14.3. The number of carbonyl (C=O) groups excluding carboxylic acids is 1. The lowest BCUT2D eigenvalue weighted by atomic mass is 10.1. The predicted octanol–water partition coefficient (Wildman–Crippen LogP) is 2.97. The summed E-state index contributed by atoms with van der Waals surface area (Å²) < 4.78 is 0. The zero-order valence-corrected chi connectivity index (χ0v) is 12.3. The minimum atomic E-state index is -0.0533. The number of hydrogen-bond acceptors (Lipinski definition) is 3. The first-order chi connectivity index (χ1) is 9.02. The summed E-state index contributed by atoms with van der Waals surface area (Å²) in [5.74, 6) is -0.0533. The number of hydrogen-bond donors (Lipinski definition) is 1. The molecule has 0 aliphatic heterocycles. The monoisotopic (exact) mass is 290 g/mol. The van der Waals surface area contributed by atoms with Crippen LogP contribution in [0, 0.1) is 6.92 Å². The molecule has 1 heterocycles. The third-order valence-corrected chi connectivity index (χ3v) is 4.00. The molecule has 0 aliphatic carbocycles. The highest BCUT2D eigenvalue weighted by Crippen LogP contribution is 2.23. The SMILES string of the molecule is Cc1cscc1C(=O)N(C)c1ccccc1C(N)=S. The molecule has 0 aliphatic rings. The fourth-order valence-electron chi connectivity index (χ4n) is 1.84. The Hall–Kier alpha value is -1.72. The molecule has 0 saturated heterocycles. The highest BCUT2D eigenvalue weighted by molar-refractivity contribution is 7.80. The molecule has 0 radical (unpaired) electrons. The van der Waals surface area contributed by atoms with E-state index in [-0.39, 0.29) is 10.9 Å². The maximum absolute atomic E-state index is 12.5. The van der Waals surface area contributed by atoms with E-state index in [0.717, 1.165) is 11.3 Å². The lowest BCUT2D eigenvalue weighted by Gasteiger charge is -2.20. The van der Waals surface area contributed by atoms with E-state index in [1.165, 1.54) is 11.3 Å². The quantitative estimate of drug-likeness (QED) is 0.884. The summed E-state index contributed by atoms with van der Waals surface area (Å²) >= 11 is 6.54. The summed E-state index contributed by atoms with van der Waals surface area (Å²) in [6.07, 6.45) is 0. The maximum atomic E-state index is 12.5. The smallest absolute Gasteiger partial charge is 0.259 e. The van der Waals surface area contributed by atoms with Gasteiger partial charge >= 0.3 is 0 Å². The summed E-state index contributed by atoms with van der Waals surface area (Å²) in [6.45, 7) is 1.93. The van der Waals surface area contributed by atoms with Crippen LogP contribution in [0.2, 0.25) is 0 Å². The molecule has 5 heteroatoms. The Labute approximate surface area is 121 Å². The number of benzene rings is 1. The van der Waals surface area contributed by atoms with Crippen LogP contribution in [-0.4, -0.2) is 17.9 Å². The van der Waals surface area contributed by atoms with Gasteiger partial charge in [0, 0.05) is 18.0 Å². The van der Waals surface area contributed by atoms with Crippen molar-refractivity contribution in [1.82, 2.24) is 0 Å². The minimum Gasteiger partial charge on any atom is -0.389 e. The molecule has 2 N–H and O–H groups in total. The van der Waals surface area contributed by atoms with Crippen molar-refractivity contribution in [2.75, 3.05) is 11.9 Å². The number of para-hydroxylation sites is 1. The molecule has 3 nitrogen and oxygen atoms in total. The van der Waals surface area contributed by atoms with Gasteiger partial charge in [0.05, 0.1) is 11.3 Å². The van der Waals surface area contributed by atoms with Crippen LogP contribution < -0.4 is 10.6 Å². The van der Waals surface area contributed by atoms with Gasteiger partial charge in [-0.3, -0.25) is 4.79 Å². The molecule has 0 fully saturated rings. The van der Waals surface area contributed by atoms with Crippen LogP contribution in [0.4, 0.5) is 5.69 Å². The summed E-state index contributed by atoms with van der Waals surface area (Å²) in [5.41, 5.74) is 8.83. The average Bonchev–Trinajstić information content (AvgIpc) is 2.83. The van der Waals surface area contributed by atoms with E-state index in [2.05, 4.69) is 0 Å². The number of carbonyl (C=O) groups is 1. The van der Waals surface area contributed by atoms with Crippen LogP contribution in [0.25, 0.3) is 0 Å². The summed E-state index contributed by atoms with van der Waals surface area (Å²) in [6, 6.07) is 7.38. The Kier molecular flexibility index (Phi) is 3.97. The molecule has 2 rings (SSSR count). The van der Waals surface area contributed by atoms with E-state index in [1.54, 1.807) is 11.9 Å². The van der Waals surface area contributed by atoms with Crippen LogP contribution >= 0.6 is 23.6 Å². The molecule has 1 aromatic heterocycles. The van der Waals surface area contributed by atoms with Crippen molar-refractivity contribution in [2.45, 2.75) is 6.92 Å². The highest BCUT2D eigenvalue weighted by atomic mass is 32.1. The third-order valence-electron chi connectivity index (χ3n) is 2.92. The van der Waals surface area contributed by atoms with Crippen LogP contribution in [0.1, 0.15) is 21.5 Å². The third kappa shape index (κ3) is 2.67. The van der Waals surface area contributed by atoms with Crippen LogP contribution in [0.5, 0.6) is 0 Å². The van der Waals surface area contributed by atoms with Gasteiger partial charge in [0.1, 0.15) is 4.99 Å². The van der Waals surface area contributed by atoms with Crippen LogP contribution in [-0.2, 0) is 0 Å². The van der Waals surface area contributed by atoms with Gasteiger partial charge in [-0.15, -0.1) is 0 Å². The van der Waals surface area contributed by atoms with E-state index in [4.69, 9.17) is 18.0 Å². The standard InChI is InChI=1S/C14H14N2OS2/c1-9-7-19-8-11(9)14(17)16(2)12-6-4-3-5-10(12)13(15)18/h3-8H,1-2H3,(H2,15,18). The maximum Gasteiger partial charge on any atom is 0.259 e. The Morgan fingerprint density at radius 1 is 1.26 bits per heavy atom. The number of aryl methyl sites for hydroxylation is 1. The molecular formula is C14H14N2OS2. The second-order valence-corrected chi connectivity index (χ2v) is 5.40. The molecule has 0 saturated carbocycles. The van der Waals surface area contributed by atoms with E-state index >= 15 is 0 Å². The molecule has 1 amide bonds. The predicted molar refractivity (Wildman–Crippen MR) is 84.1 cm³/mol. The van der Waals surface area contributed by atoms with Crippen LogP contribution in [0.3, 0.4) is 0 Å². The number of thiocarbonyl (C=S) groups is 1. The minimum absolute atomic E-state index is 0.0533. The van der Waals surface area contributed by atoms with E-state index in [0.29, 0.717) is 11.1 Å². The zero-order valence-electron chi connectivity index (χ0n) is 10.7. The topological polar surface area (TPSA) is 46.3 Å². The Balaban J connectivity index is 2.40. The van der Waals surface area contributed by atoms with Crippen molar-refractivity contribution < 1.29 is 4.79 Å².